The summed E-state index contributed by atoms with van der Waals surface area (Å²) in [6.07, 6.45) is 4.32. The van der Waals surface area contributed by atoms with Crippen molar-refractivity contribution >= 4 is 0 Å². The Morgan fingerprint density at radius 3 is 2.75 bits per heavy atom. The Labute approximate surface area is 165 Å². The van der Waals surface area contributed by atoms with Crippen molar-refractivity contribution in [2.45, 2.75) is 39.3 Å². The second kappa shape index (κ2) is 8.58. The van der Waals surface area contributed by atoms with Gasteiger partial charge in [-0.25, -0.2) is 9.97 Å². The van der Waals surface area contributed by atoms with Gasteiger partial charge in [-0.05, 0) is 38.9 Å². The van der Waals surface area contributed by atoms with Crippen LogP contribution in [0.1, 0.15) is 31.5 Å². The van der Waals surface area contributed by atoms with E-state index in [0.29, 0.717) is 24.3 Å². The summed E-state index contributed by atoms with van der Waals surface area (Å²) in [5.41, 5.74) is 2.87. The van der Waals surface area contributed by atoms with Crippen LogP contribution in [0.3, 0.4) is 0 Å². The number of likely N-dealkylation sites (tertiary alicyclic amines) is 1. The zero-order valence-electron chi connectivity index (χ0n) is 16.4. The van der Waals surface area contributed by atoms with Crippen LogP contribution in [0.25, 0.3) is 22.6 Å². The van der Waals surface area contributed by atoms with Crippen LogP contribution >= 0.6 is 0 Å². The fraction of sp³-hybridized carbons (Fsp3) is 0.429. The molecular weight excluding hydrogens is 352 g/mol. The summed E-state index contributed by atoms with van der Waals surface area (Å²) in [6.45, 7) is 7.98. The van der Waals surface area contributed by atoms with Gasteiger partial charge in [-0.2, -0.15) is 4.98 Å². The van der Waals surface area contributed by atoms with E-state index in [-0.39, 0.29) is 0 Å². The van der Waals surface area contributed by atoms with Crippen LogP contribution in [-0.2, 0) is 6.54 Å². The van der Waals surface area contributed by atoms with E-state index in [9.17, 15) is 0 Å². The van der Waals surface area contributed by atoms with E-state index < -0.39 is 0 Å². The SMILES string of the molecule is CCN1CCC[C@H]1CNCc1nc(-c2ccc(-c3ccnc(C)n3)cc2)no1. The highest BCUT2D eigenvalue weighted by atomic mass is 16.5. The first-order chi connectivity index (χ1) is 13.7. The van der Waals surface area contributed by atoms with Crippen LogP contribution in [0.2, 0.25) is 0 Å². The molecule has 4 rings (SSSR count). The molecule has 0 aliphatic carbocycles. The second-order valence-corrected chi connectivity index (χ2v) is 7.13. The van der Waals surface area contributed by atoms with Crippen molar-refractivity contribution in [3.63, 3.8) is 0 Å². The van der Waals surface area contributed by atoms with Crippen LogP contribution in [0.4, 0.5) is 0 Å². The Bertz CT molecular complexity index is 907. The van der Waals surface area contributed by atoms with E-state index in [0.717, 1.165) is 35.7 Å². The summed E-state index contributed by atoms with van der Waals surface area (Å²) in [6, 6.07) is 10.5. The summed E-state index contributed by atoms with van der Waals surface area (Å²) in [5, 5.41) is 7.58. The number of benzene rings is 1. The summed E-state index contributed by atoms with van der Waals surface area (Å²) in [7, 11) is 0. The van der Waals surface area contributed by atoms with Crippen molar-refractivity contribution < 1.29 is 4.52 Å². The van der Waals surface area contributed by atoms with Gasteiger partial charge < -0.3 is 9.84 Å². The maximum atomic E-state index is 5.41. The molecule has 0 unspecified atom stereocenters. The molecule has 2 aromatic heterocycles. The average Bonchev–Trinajstić information content (AvgIpc) is 3.37. The standard InChI is InChI=1S/C21H26N6O/c1-3-27-12-4-5-18(27)13-22-14-20-25-21(26-28-20)17-8-6-16(7-9-17)19-10-11-23-15(2)24-19/h6-11,18,22H,3-5,12-14H2,1-2H3/t18-/m0/s1. The van der Waals surface area contributed by atoms with Gasteiger partial charge in [0, 0.05) is 29.9 Å². The number of rotatable bonds is 7. The molecule has 0 saturated carbocycles. The average molecular weight is 378 g/mol. The Hall–Kier alpha value is -2.64. The van der Waals surface area contributed by atoms with Gasteiger partial charge >= 0.3 is 0 Å². The van der Waals surface area contributed by atoms with Gasteiger partial charge in [0.05, 0.1) is 12.2 Å². The van der Waals surface area contributed by atoms with Crippen molar-refractivity contribution in [3.8, 4) is 22.6 Å². The molecule has 1 fully saturated rings. The molecule has 0 radical (unpaired) electrons. The first-order valence-corrected chi connectivity index (χ1v) is 9.90. The molecule has 1 saturated heterocycles. The largest absolute Gasteiger partial charge is 0.338 e. The van der Waals surface area contributed by atoms with Crippen LogP contribution in [0.15, 0.2) is 41.1 Å². The van der Waals surface area contributed by atoms with Crippen LogP contribution in [-0.4, -0.2) is 50.7 Å². The smallest absolute Gasteiger partial charge is 0.240 e. The lowest BCUT2D eigenvalue weighted by Gasteiger charge is -2.22. The number of aromatic nitrogens is 4. The lowest BCUT2D eigenvalue weighted by atomic mass is 10.1. The van der Waals surface area contributed by atoms with Crippen molar-refractivity contribution in [2.75, 3.05) is 19.6 Å². The number of nitrogens with zero attached hydrogens (tertiary/aromatic N) is 5. The van der Waals surface area contributed by atoms with E-state index >= 15 is 0 Å². The quantitative estimate of drug-likeness (QED) is 0.677. The van der Waals surface area contributed by atoms with Gasteiger partial charge in [-0.15, -0.1) is 0 Å². The molecule has 28 heavy (non-hydrogen) atoms. The van der Waals surface area contributed by atoms with Crippen LogP contribution < -0.4 is 5.32 Å². The number of aryl methyl sites for hydroxylation is 1. The van der Waals surface area contributed by atoms with Crippen LogP contribution in [0, 0.1) is 6.92 Å². The minimum Gasteiger partial charge on any atom is -0.338 e. The molecule has 1 aromatic carbocycles. The topological polar surface area (TPSA) is 80.0 Å². The normalized spacial score (nSPS) is 17.3. The Balaban J connectivity index is 1.36. The molecule has 7 nitrogen and oxygen atoms in total. The Kier molecular flexibility index (Phi) is 5.73. The predicted octanol–water partition coefficient (Wildman–Crippen LogP) is 3.08. The van der Waals surface area contributed by atoms with Crippen LogP contribution in [0.5, 0.6) is 0 Å². The monoisotopic (exact) mass is 378 g/mol. The highest BCUT2D eigenvalue weighted by Crippen LogP contribution is 2.22. The minimum atomic E-state index is 0.597. The number of nitrogens with one attached hydrogen (secondary N) is 1. The summed E-state index contributed by atoms with van der Waals surface area (Å²) in [5.74, 6) is 1.99. The van der Waals surface area contributed by atoms with Crippen molar-refractivity contribution in [1.82, 2.24) is 30.3 Å². The number of hydrogen-bond acceptors (Lipinski definition) is 7. The molecule has 1 atom stereocenters. The molecule has 3 heterocycles. The zero-order valence-corrected chi connectivity index (χ0v) is 16.4. The zero-order chi connectivity index (χ0) is 19.3. The number of likely N-dealkylation sites (N-methyl/N-ethyl adjacent to an activating group) is 1. The lowest BCUT2D eigenvalue weighted by Crippen LogP contribution is -2.37. The summed E-state index contributed by atoms with van der Waals surface area (Å²) in [4.78, 5) is 15.6. The first kappa shape index (κ1) is 18.7. The van der Waals surface area contributed by atoms with Crippen molar-refractivity contribution in [2.24, 2.45) is 0 Å². The molecular formula is C21H26N6O. The minimum absolute atomic E-state index is 0.597. The molecule has 0 bridgehead atoms. The first-order valence-electron chi connectivity index (χ1n) is 9.90. The third kappa shape index (κ3) is 4.26. The Morgan fingerprint density at radius 2 is 1.96 bits per heavy atom. The molecule has 0 spiro atoms. The van der Waals surface area contributed by atoms with E-state index in [2.05, 4.69) is 37.2 Å². The Morgan fingerprint density at radius 1 is 1.14 bits per heavy atom. The maximum Gasteiger partial charge on any atom is 0.240 e. The van der Waals surface area contributed by atoms with E-state index in [1.165, 1.54) is 19.4 Å². The number of hydrogen-bond donors (Lipinski definition) is 1. The van der Waals surface area contributed by atoms with Gasteiger partial charge in [-0.3, -0.25) is 4.90 Å². The highest BCUT2D eigenvalue weighted by molar-refractivity contribution is 5.64. The summed E-state index contributed by atoms with van der Waals surface area (Å²) >= 11 is 0. The summed E-state index contributed by atoms with van der Waals surface area (Å²) < 4.78 is 5.41. The fourth-order valence-electron chi connectivity index (χ4n) is 3.74. The van der Waals surface area contributed by atoms with Crippen molar-refractivity contribution in [3.05, 3.63) is 48.2 Å². The molecule has 0 amide bonds. The van der Waals surface area contributed by atoms with E-state index in [1.54, 1.807) is 6.20 Å². The molecule has 1 aliphatic rings. The lowest BCUT2D eigenvalue weighted by molar-refractivity contribution is 0.256. The third-order valence-corrected chi connectivity index (χ3v) is 5.24. The molecule has 146 valence electrons. The molecule has 1 aliphatic heterocycles. The second-order valence-electron chi connectivity index (χ2n) is 7.13. The van der Waals surface area contributed by atoms with E-state index in [4.69, 9.17) is 4.52 Å². The van der Waals surface area contributed by atoms with E-state index in [1.807, 2.05) is 37.3 Å². The molecule has 1 N–H and O–H groups in total. The highest BCUT2D eigenvalue weighted by Gasteiger charge is 2.22. The van der Waals surface area contributed by atoms with Gasteiger partial charge in [-0.1, -0.05) is 36.3 Å². The fourth-order valence-corrected chi connectivity index (χ4v) is 3.74. The molecule has 3 aromatic rings. The van der Waals surface area contributed by atoms with Gasteiger partial charge in [0.1, 0.15) is 5.82 Å². The predicted molar refractivity (Wildman–Crippen MR) is 107 cm³/mol. The van der Waals surface area contributed by atoms with Crippen molar-refractivity contribution in [1.29, 1.82) is 0 Å². The van der Waals surface area contributed by atoms with Gasteiger partial charge in [0.2, 0.25) is 11.7 Å². The maximum absolute atomic E-state index is 5.41. The third-order valence-electron chi connectivity index (χ3n) is 5.24. The van der Waals surface area contributed by atoms with Gasteiger partial charge in [0.25, 0.3) is 0 Å². The van der Waals surface area contributed by atoms with Gasteiger partial charge in [0.15, 0.2) is 0 Å². The molecule has 7 heteroatoms.